The zero-order chi connectivity index (χ0) is 15.3. The molecule has 0 aromatic carbocycles. The van der Waals surface area contributed by atoms with Gasteiger partial charge in [0.15, 0.2) is 0 Å². The summed E-state index contributed by atoms with van der Waals surface area (Å²) in [6.07, 6.45) is 12.4. The van der Waals surface area contributed by atoms with Gasteiger partial charge in [-0.1, -0.05) is 63.6 Å². The predicted octanol–water partition coefficient (Wildman–Crippen LogP) is 4.64. The molecule has 120 valence electrons. The van der Waals surface area contributed by atoms with Gasteiger partial charge in [-0.15, -0.1) is 12.6 Å². The van der Waals surface area contributed by atoms with Gasteiger partial charge in [0.2, 0.25) is 0 Å². The molecule has 0 aliphatic heterocycles. The van der Waals surface area contributed by atoms with Crippen molar-refractivity contribution >= 4 is 36.9 Å². The van der Waals surface area contributed by atoms with Crippen LogP contribution in [-0.2, 0) is 9.09 Å². The normalized spacial score (nSPS) is 11.8. The molecule has 0 bridgehead atoms. The summed E-state index contributed by atoms with van der Waals surface area (Å²) in [5, 5.41) is 0. The number of thiol groups is 1. The largest absolute Gasteiger partial charge is 0.469 e. The summed E-state index contributed by atoms with van der Waals surface area (Å²) in [5.41, 5.74) is 0. The van der Waals surface area contributed by atoms with Crippen LogP contribution in [0, 0.1) is 0 Å². The molecular formula is C13H27O4PS2. The highest BCUT2D eigenvalue weighted by atomic mass is 32.1. The van der Waals surface area contributed by atoms with Gasteiger partial charge in [0, 0.05) is 4.20 Å². The van der Waals surface area contributed by atoms with Gasteiger partial charge in [0.05, 0.1) is 6.61 Å². The van der Waals surface area contributed by atoms with Crippen molar-refractivity contribution in [2.75, 3.05) is 6.61 Å². The molecule has 2 N–H and O–H groups in total. The summed E-state index contributed by atoms with van der Waals surface area (Å²) in [5.74, 6) is 0. The topological polar surface area (TPSA) is 66.8 Å². The van der Waals surface area contributed by atoms with Crippen LogP contribution in [0.3, 0.4) is 0 Å². The maximum atomic E-state index is 10.4. The second-order valence-corrected chi connectivity index (χ2v) is 7.58. The summed E-state index contributed by atoms with van der Waals surface area (Å²) in [6.45, 7) is 0.150. The third-order valence-electron chi connectivity index (χ3n) is 3.04. The van der Waals surface area contributed by atoms with Gasteiger partial charge in [0.1, 0.15) is 0 Å². The fourth-order valence-electron chi connectivity index (χ4n) is 1.98. The Morgan fingerprint density at radius 2 is 1.30 bits per heavy atom. The van der Waals surface area contributed by atoms with E-state index in [9.17, 15) is 4.57 Å². The maximum absolute atomic E-state index is 10.4. The van der Waals surface area contributed by atoms with Crippen molar-refractivity contribution in [2.24, 2.45) is 0 Å². The van der Waals surface area contributed by atoms with Crippen molar-refractivity contribution < 1.29 is 18.9 Å². The minimum Gasteiger partial charge on any atom is -0.303 e. The lowest BCUT2D eigenvalue weighted by atomic mass is 10.1. The van der Waals surface area contributed by atoms with E-state index in [4.69, 9.17) is 22.0 Å². The highest BCUT2D eigenvalue weighted by molar-refractivity contribution is 8.11. The summed E-state index contributed by atoms with van der Waals surface area (Å²) in [6, 6.07) is 0. The Labute approximate surface area is 133 Å². The molecule has 7 heteroatoms. The number of hydrogen-bond donors (Lipinski definition) is 3. The van der Waals surface area contributed by atoms with E-state index < -0.39 is 7.82 Å². The smallest absolute Gasteiger partial charge is 0.303 e. The van der Waals surface area contributed by atoms with Gasteiger partial charge in [0.25, 0.3) is 0 Å². The molecule has 20 heavy (non-hydrogen) atoms. The van der Waals surface area contributed by atoms with E-state index in [0.717, 1.165) is 36.3 Å². The second kappa shape index (κ2) is 13.2. The summed E-state index contributed by atoms with van der Waals surface area (Å²) in [4.78, 5) is 17.0. The third-order valence-corrected chi connectivity index (χ3v) is 3.99. The Morgan fingerprint density at radius 3 is 1.70 bits per heavy atom. The zero-order valence-electron chi connectivity index (χ0n) is 12.0. The Hall–Kier alpha value is 0.550. The molecule has 0 spiro atoms. The van der Waals surface area contributed by atoms with Crippen molar-refractivity contribution in [3.05, 3.63) is 0 Å². The number of unbranched alkanes of at least 4 members (excludes halogenated alkanes) is 9. The first-order valence-electron chi connectivity index (χ1n) is 7.34. The molecule has 0 heterocycles. The molecule has 0 unspecified atom stereocenters. The number of phosphoric ester groups is 1. The van der Waals surface area contributed by atoms with E-state index >= 15 is 0 Å². The van der Waals surface area contributed by atoms with E-state index in [0.29, 0.717) is 0 Å². The first-order chi connectivity index (χ1) is 9.42. The van der Waals surface area contributed by atoms with E-state index in [1.54, 1.807) is 0 Å². The fourth-order valence-corrected chi connectivity index (χ4v) is 2.65. The van der Waals surface area contributed by atoms with Gasteiger partial charge in [-0.25, -0.2) is 4.57 Å². The van der Waals surface area contributed by atoms with Gasteiger partial charge >= 0.3 is 7.82 Å². The minimum atomic E-state index is -4.26. The number of rotatable bonds is 14. The summed E-state index contributed by atoms with van der Waals surface area (Å²) < 4.78 is 15.6. The van der Waals surface area contributed by atoms with Crippen LogP contribution in [0.25, 0.3) is 0 Å². The number of thiocarbonyl (C=S) groups is 1. The molecule has 0 saturated carbocycles. The molecule has 0 amide bonds. The van der Waals surface area contributed by atoms with E-state index in [1.807, 2.05) is 0 Å². The Balaban J connectivity index is 3.06. The van der Waals surface area contributed by atoms with Crippen molar-refractivity contribution in [3.8, 4) is 0 Å². The molecule has 0 fully saturated rings. The molecule has 0 saturated heterocycles. The number of hydrogen-bond acceptors (Lipinski definition) is 3. The van der Waals surface area contributed by atoms with Crippen LogP contribution in [0.1, 0.15) is 70.6 Å². The molecule has 0 aliphatic rings. The first-order valence-corrected chi connectivity index (χ1v) is 9.72. The fraction of sp³-hybridized carbons (Fsp3) is 0.923. The Kier molecular flexibility index (Phi) is 13.6. The SMILES string of the molecule is O=P(O)(O)OCCCCCCCCCCCCC(=S)S. The van der Waals surface area contributed by atoms with Crippen molar-refractivity contribution in [3.63, 3.8) is 0 Å². The molecular weight excluding hydrogens is 315 g/mol. The standard InChI is InChI=1S/C13H27O4PS2/c14-18(15,16)17-12-10-8-6-4-2-1-3-5-7-9-11-13(19)20/h1-12H2,(H,19,20)(H2,14,15,16). The van der Waals surface area contributed by atoms with Gasteiger partial charge in [-0.2, -0.15) is 0 Å². The lowest BCUT2D eigenvalue weighted by molar-refractivity contribution is 0.193. The second-order valence-electron chi connectivity index (χ2n) is 5.00. The molecule has 4 nitrogen and oxygen atoms in total. The van der Waals surface area contributed by atoms with Crippen LogP contribution >= 0.6 is 32.7 Å². The predicted molar refractivity (Wildman–Crippen MR) is 90.4 cm³/mol. The van der Waals surface area contributed by atoms with Gasteiger partial charge in [-0.3, -0.25) is 4.52 Å². The van der Waals surface area contributed by atoms with Crippen LogP contribution in [0.2, 0.25) is 0 Å². The van der Waals surface area contributed by atoms with Gasteiger partial charge < -0.3 is 9.79 Å². The summed E-state index contributed by atoms with van der Waals surface area (Å²) >= 11 is 9.01. The quantitative estimate of drug-likeness (QED) is 0.186. The minimum absolute atomic E-state index is 0.150. The van der Waals surface area contributed by atoms with Crippen molar-refractivity contribution in [2.45, 2.75) is 70.6 Å². The average molecular weight is 342 g/mol. The van der Waals surface area contributed by atoms with Crippen LogP contribution in [0.5, 0.6) is 0 Å². The average Bonchev–Trinajstić information content (AvgIpc) is 2.33. The molecule has 0 aromatic heterocycles. The Bertz CT molecular complexity index is 294. The monoisotopic (exact) mass is 342 g/mol. The van der Waals surface area contributed by atoms with Crippen LogP contribution < -0.4 is 0 Å². The lowest BCUT2D eigenvalue weighted by Crippen LogP contribution is -1.92. The van der Waals surface area contributed by atoms with Crippen molar-refractivity contribution in [1.29, 1.82) is 0 Å². The van der Waals surface area contributed by atoms with E-state index in [2.05, 4.69) is 17.2 Å². The Morgan fingerprint density at radius 1 is 0.900 bits per heavy atom. The maximum Gasteiger partial charge on any atom is 0.469 e. The molecule has 0 atom stereocenters. The molecule has 0 radical (unpaired) electrons. The van der Waals surface area contributed by atoms with E-state index in [-0.39, 0.29) is 6.61 Å². The molecule has 0 rings (SSSR count). The highest BCUT2D eigenvalue weighted by Crippen LogP contribution is 2.35. The highest BCUT2D eigenvalue weighted by Gasteiger charge is 2.12. The number of phosphoric acid groups is 1. The zero-order valence-corrected chi connectivity index (χ0v) is 14.6. The third kappa shape index (κ3) is 18.6. The summed E-state index contributed by atoms with van der Waals surface area (Å²) in [7, 11) is -4.26. The van der Waals surface area contributed by atoms with Crippen LogP contribution in [0.15, 0.2) is 0 Å². The van der Waals surface area contributed by atoms with Gasteiger partial charge in [-0.05, 0) is 19.3 Å². The van der Waals surface area contributed by atoms with Crippen LogP contribution in [0.4, 0.5) is 0 Å². The first kappa shape index (κ1) is 20.6. The molecule has 0 aromatic rings. The van der Waals surface area contributed by atoms with Crippen molar-refractivity contribution in [1.82, 2.24) is 0 Å². The van der Waals surface area contributed by atoms with Crippen LogP contribution in [-0.4, -0.2) is 20.6 Å². The van der Waals surface area contributed by atoms with E-state index in [1.165, 1.54) is 38.5 Å². The molecule has 0 aliphatic carbocycles. The lowest BCUT2D eigenvalue weighted by Gasteiger charge is -2.05.